The van der Waals surface area contributed by atoms with E-state index in [-0.39, 0.29) is 17.5 Å². The number of hydrogen-bond acceptors (Lipinski definition) is 1. The summed E-state index contributed by atoms with van der Waals surface area (Å²) in [7, 11) is 0. The van der Waals surface area contributed by atoms with Crippen LogP contribution in [-0.2, 0) is 6.42 Å². The van der Waals surface area contributed by atoms with Gasteiger partial charge in [-0.15, -0.1) is 0 Å². The minimum absolute atomic E-state index is 0.0214. The molecule has 132 valence electrons. The Morgan fingerprint density at radius 1 is 1.00 bits per heavy atom. The van der Waals surface area contributed by atoms with Crippen LogP contribution in [0.3, 0.4) is 0 Å². The Hall–Kier alpha value is -2.49. The van der Waals surface area contributed by atoms with Gasteiger partial charge < -0.3 is 5.11 Å². The van der Waals surface area contributed by atoms with Crippen LogP contribution >= 0.6 is 0 Å². The van der Waals surface area contributed by atoms with Crippen LogP contribution < -0.4 is 0 Å². The lowest BCUT2D eigenvalue weighted by molar-refractivity contribution is 0.0697. The molecule has 0 aromatic heterocycles. The van der Waals surface area contributed by atoms with Crippen molar-refractivity contribution in [1.29, 1.82) is 0 Å². The highest BCUT2D eigenvalue weighted by molar-refractivity contribution is 5.96. The Morgan fingerprint density at radius 2 is 1.68 bits per heavy atom. The fourth-order valence-electron chi connectivity index (χ4n) is 2.73. The number of halogens is 2. The van der Waals surface area contributed by atoms with Gasteiger partial charge in [-0.1, -0.05) is 50.6 Å². The maximum atomic E-state index is 14.3. The Bertz CT molecular complexity index is 777. The second-order valence-corrected chi connectivity index (χ2v) is 5.98. The summed E-state index contributed by atoms with van der Waals surface area (Å²) in [6.07, 6.45) is 2.47. The molecule has 0 saturated heterocycles. The van der Waals surface area contributed by atoms with E-state index in [9.17, 15) is 18.7 Å². The first kappa shape index (κ1) is 18.8. The molecule has 0 spiro atoms. The number of aromatic carboxylic acids is 1. The zero-order valence-corrected chi connectivity index (χ0v) is 14.5. The molecule has 2 nitrogen and oxygen atoms in total. The molecule has 0 fully saturated rings. The van der Waals surface area contributed by atoms with E-state index in [0.717, 1.165) is 18.4 Å². The van der Waals surface area contributed by atoms with Crippen LogP contribution in [0.1, 0.15) is 54.6 Å². The van der Waals surface area contributed by atoms with E-state index in [0.29, 0.717) is 17.5 Å². The lowest BCUT2D eigenvalue weighted by atomic mass is 9.95. The first-order chi connectivity index (χ1) is 12.0. The Labute approximate surface area is 146 Å². The number of allylic oxidation sites excluding steroid dienone is 1. The normalized spacial score (nSPS) is 12.0. The minimum atomic E-state index is -1.10. The number of benzene rings is 2. The van der Waals surface area contributed by atoms with Crippen molar-refractivity contribution in [3.8, 4) is 11.1 Å². The maximum absolute atomic E-state index is 14.3. The number of aryl methyl sites for hydroxylation is 1. The van der Waals surface area contributed by atoms with Crippen molar-refractivity contribution < 1.29 is 18.7 Å². The fourth-order valence-corrected chi connectivity index (χ4v) is 2.73. The summed E-state index contributed by atoms with van der Waals surface area (Å²) in [6, 6.07) is 11.5. The molecule has 0 atom stereocenters. The molecule has 2 aromatic rings. The molecule has 0 aliphatic carbocycles. The van der Waals surface area contributed by atoms with Crippen molar-refractivity contribution in [2.75, 3.05) is 0 Å². The monoisotopic (exact) mass is 344 g/mol. The first-order valence-corrected chi connectivity index (χ1v) is 8.49. The fraction of sp³-hybridized carbons (Fsp3) is 0.286. The SMILES string of the molecule is CCCC(F)=C(F)c1ccc(C(=O)O)c(-c2ccc(CCC)cc2)c1. The average molecular weight is 344 g/mol. The number of carboxylic acid groups (broad SMARTS) is 1. The lowest BCUT2D eigenvalue weighted by Gasteiger charge is -2.10. The van der Waals surface area contributed by atoms with Crippen LogP contribution in [-0.4, -0.2) is 11.1 Å². The summed E-state index contributed by atoms with van der Waals surface area (Å²) in [5.41, 5.74) is 2.33. The Morgan fingerprint density at radius 3 is 2.24 bits per heavy atom. The van der Waals surface area contributed by atoms with Crippen LogP contribution in [0.2, 0.25) is 0 Å². The number of carbonyl (C=O) groups is 1. The van der Waals surface area contributed by atoms with Crippen molar-refractivity contribution in [1.82, 2.24) is 0 Å². The van der Waals surface area contributed by atoms with Crippen molar-refractivity contribution in [3.63, 3.8) is 0 Å². The van der Waals surface area contributed by atoms with Gasteiger partial charge in [0.15, 0.2) is 5.83 Å². The zero-order valence-electron chi connectivity index (χ0n) is 14.5. The van der Waals surface area contributed by atoms with E-state index in [1.54, 1.807) is 6.92 Å². The van der Waals surface area contributed by atoms with Gasteiger partial charge in [0, 0.05) is 12.0 Å². The Kier molecular flexibility index (Phi) is 6.45. The third-order valence-electron chi connectivity index (χ3n) is 4.01. The van der Waals surface area contributed by atoms with E-state index in [2.05, 4.69) is 6.92 Å². The number of rotatable bonds is 7. The van der Waals surface area contributed by atoms with Crippen molar-refractivity contribution in [2.24, 2.45) is 0 Å². The van der Waals surface area contributed by atoms with Gasteiger partial charge in [-0.05, 0) is 41.7 Å². The molecule has 4 heteroatoms. The van der Waals surface area contributed by atoms with E-state index in [4.69, 9.17) is 0 Å². The summed E-state index contributed by atoms with van der Waals surface area (Å²) >= 11 is 0. The van der Waals surface area contributed by atoms with E-state index < -0.39 is 17.6 Å². The second kappa shape index (κ2) is 8.56. The summed E-state index contributed by atoms with van der Waals surface area (Å²) in [4.78, 5) is 11.5. The van der Waals surface area contributed by atoms with Gasteiger partial charge in [0.2, 0.25) is 0 Å². The highest BCUT2D eigenvalue weighted by atomic mass is 19.2. The molecule has 1 N–H and O–H groups in total. The molecule has 25 heavy (non-hydrogen) atoms. The average Bonchev–Trinajstić information content (AvgIpc) is 2.61. The predicted octanol–water partition coefficient (Wildman–Crippen LogP) is 6.41. The van der Waals surface area contributed by atoms with Gasteiger partial charge in [0.25, 0.3) is 0 Å². The molecular weight excluding hydrogens is 322 g/mol. The molecule has 2 aromatic carbocycles. The molecule has 0 amide bonds. The standard InChI is InChI=1S/C21H22F2O2/c1-3-5-14-7-9-15(10-8-14)18-13-16(11-12-17(18)21(24)25)20(23)19(22)6-4-2/h7-13H,3-6H2,1-2H3,(H,24,25). The molecule has 0 heterocycles. The maximum Gasteiger partial charge on any atom is 0.336 e. The number of hydrogen-bond donors (Lipinski definition) is 1. The molecule has 0 bridgehead atoms. The molecule has 0 aliphatic heterocycles. The predicted molar refractivity (Wildman–Crippen MR) is 96.9 cm³/mol. The molecule has 0 aliphatic rings. The van der Waals surface area contributed by atoms with Gasteiger partial charge in [-0.2, -0.15) is 0 Å². The van der Waals surface area contributed by atoms with Crippen LogP contribution in [0, 0.1) is 0 Å². The van der Waals surface area contributed by atoms with E-state index >= 15 is 0 Å². The van der Waals surface area contributed by atoms with Crippen LogP contribution in [0.5, 0.6) is 0 Å². The van der Waals surface area contributed by atoms with Gasteiger partial charge in [0.1, 0.15) is 5.83 Å². The highest BCUT2D eigenvalue weighted by Gasteiger charge is 2.16. The van der Waals surface area contributed by atoms with Crippen LogP contribution in [0.15, 0.2) is 48.3 Å². The summed E-state index contributed by atoms with van der Waals surface area (Å²) < 4.78 is 28.1. The molecule has 0 unspecified atom stereocenters. The molecular formula is C21H22F2O2. The third kappa shape index (κ3) is 4.53. The van der Waals surface area contributed by atoms with Crippen LogP contribution in [0.4, 0.5) is 8.78 Å². The topological polar surface area (TPSA) is 37.3 Å². The van der Waals surface area contributed by atoms with Crippen molar-refractivity contribution in [3.05, 3.63) is 65.0 Å². The molecule has 2 rings (SSSR count). The number of carboxylic acids is 1. The lowest BCUT2D eigenvalue weighted by Crippen LogP contribution is -2.00. The highest BCUT2D eigenvalue weighted by Crippen LogP contribution is 2.31. The summed E-state index contributed by atoms with van der Waals surface area (Å²) in [6.45, 7) is 3.85. The van der Waals surface area contributed by atoms with Gasteiger partial charge in [-0.25, -0.2) is 13.6 Å². The van der Waals surface area contributed by atoms with Crippen molar-refractivity contribution in [2.45, 2.75) is 39.5 Å². The van der Waals surface area contributed by atoms with E-state index in [1.807, 2.05) is 24.3 Å². The Balaban J connectivity index is 2.52. The largest absolute Gasteiger partial charge is 0.478 e. The third-order valence-corrected chi connectivity index (χ3v) is 4.01. The van der Waals surface area contributed by atoms with E-state index in [1.165, 1.54) is 18.2 Å². The van der Waals surface area contributed by atoms with Gasteiger partial charge in [0.05, 0.1) is 5.56 Å². The van der Waals surface area contributed by atoms with Crippen molar-refractivity contribution >= 4 is 11.8 Å². The quantitative estimate of drug-likeness (QED) is 0.630. The molecule has 0 saturated carbocycles. The minimum Gasteiger partial charge on any atom is -0.478 e. The smallest absolute Gasteiger partial charge is 0.336 e. The first-order valence-electron chi connectivity index (χ1n) is 8.49. The van der Waals surface area contributed by atoms with Crippen LogP contribution in [0.25, 0.3) is 17.0 Å². The van der Waals surface area contributed by atoms with Gasteiger partial charge >= 0.3 is 5.97 Å². The summed E-state index contributed by atoms with van der Waals surface area (Å²) in [5, 5.41) is 9.41. The second-order valence-electron chi connectivity index (χ2n) is 5.98. The zero-order chi connectivity index (χ0) is 18.4. The molecule has 0 radical (unpaired) electrons. The van der Waals surface area contributed by atoms with Gasteiger partial charge in [-0.3, -0.25) is 0 Å². The summed E-state index contributed by atoms with van der Waals surface area (Å²) in [5.74, 6) is -2.84.